The van der Waals surface area contributed by atoms with E-state index in [-0.39, 0.29) is 6.09 Å². The summed E-state index contributed by atoms with van der Waals surface area (Å²) < 4.78 is 11.7. The van der Waals surface area contributed by atoms with Crippen LogP contribution in [0.2, 0.25) is 0 Å². The lowest BCUT2D eigenvalue weighted by molar-refractivity contribution is -0.0122. The molecule has 1 aliphatic carbocycles. The van der Waals surface area contributed by atoms with Gasteiger partial charge in [0.1, 0.15) is 11.4 Å². The number of nitrogens with zero attached hydrogens (tertiary/aromatic N) is 2. The second-order valence-electron chi connectivity index (χ2n) is 10.1. The molecule has 4 rings (SSSR count). The molecule has 2 atom stereocenters. The SMILES string of the molecule is CC(C)(C)OC(=O)N1CCN2C[C@@H](COc3cccc(CNC4CC4)c3)CC[C@H]2C1. The summed E-state index contributed by atoms with van der Waals surface area (Å²) in [5.41, 5.74) is 0.857. The van der Waals surface area contributed by atoms with Gasteiger partial charge in [0.2, 0.25) is 0 Å². The molecule has 2 heterocycles. The molecule has 1 saturated carbocycles. The van der Waals surface area contributed by atoms with Gasteiger partial charge < -0.3 is 19.7 Å². The normalized spacial score (nSPS) is 25.0. The van der Waals surface area contributed by atoms with Crippen molar-refractivity contribution >= 4 is 6.09 Å². The standard InChI is InChI=1S/C24H37N3O3/c1-24(2,3)30-23(28)27-12-11-26-15-19(7-10-21(26)16-27)17-29-22-6-4-5-18(13-22)14-25-20-8-9-20/h4-6,13,19-21,25H,7-12,14-17H2,1-3H3/t19-,21-/m0/s1. The summed E-state index contributed by atoms with van der Waals surface area (Å²) in [5.74, 6) is 1.52. The van der Waals surface area contributed by atoms with Crippen LogP contribution in [0.25, 0.3) is 0 Å². The van der Waals surface area contributed by atoms with E-state index in [9.17, 15) is 4.79 Å². The molecular weight excluding hydrogens is 378 g/mol. The van der Waals surface area contributed by atoms with E-state index in [4.69, 9.17) is 9.47 Å². The molecule has 1 aromatic rings. The number of ether oxygens (including phenoxy) is 2. The van der Waals surface area contributed by atoms with E-state index in [0.717, 1.165) is 64.0 Å². The number of carbonyl (C=O) groups excluding carboxylic acids is 1. The molecule has 30 heavy (non-hydrogen) atoms. The van der Waals surface area contributed by atoms with E-state index in [1.165, 1.54) is 18.4 Å². The molecule has 166 valence electrons. The zero-order valence-electron chi connectivity index (χ0n) is 18.7. The number of piperidine rings is 1. The fourth-order valence-corrected chi connectivity index (χ4v) is 4.40. The Labute approximate surface area is 180 Å². The van der Waals surface area contributed by atoms with Crippen LogP contribution in [0.15, 0.2) is 24.3 Å². The van der Waals surface area contributed by atoms with Gasteiger partial charge in [-0.1, -0.05) is 12.1 Å². The van der Waals surface area contributed by atoms with Crippen molar-refractivity contribution in [1.29, 1.82) is 0 Å². The number of nitrogens with one attached hydrogen (secondary N) is 1. The minimum absolute atomic E-state index is 0.177. The highest BCUT2D eigenvalue weighted by Gasteiger charge is 2.35. The lowest BCUT2D eigenvalue weighted by atomic mass is 9.91. The van der Waals surface area contributed by atoms with E-state index >= 15 is 0 Å². The van der Waals surface area contributed by atoms with E-state index in [1.54, 1.807) is 0 Å². The molecule has 0 radical (unpaired) electrons. The lowest BCUT2D eigenvalue weighted by Gasteiger charge is -2.46. The topological polar surface area (TPSA) is 54.0 Å². The third kappa shape index (κ3) is 6.11. The Morgan fingerprint density at radius 3 is 2.73 bits per heavy atom. The molecule has 6 nitrogen and oxygen atoms in total. The van der Waals surface area contributed by atoms with Crippen LogP contribution in [0, 0.1) is 5.92 Å². The van der Waals surface area contributed by atoms with Gasteiger partial charge in [0, 0.05) is 50.7 Å². The Balaban J connectivity index is 1.22. The van der Waals surface area contributed by atoms with E-state index in [0.29, 0.717) is 12.0 Å². The predicted octanol–water partition coefficient (Wildman–Crippen LogP) is 3.65. The number of hydrogen-bond acceptors (Lipinski definition) is 5. The fourth-order valence-electron chi connectivity index (χ4n) is 4.40. The van der Waals surface area contributed by atoms with Gasteiger partial charge in [-0.15, -0.1) is 0 Å². The van der Waals surface area contributed by atoms with Crippen LogP contribution in [-0.4, -0.2) is 66.4 Å². The van der Waals surface area contributed by atoms with Crippen LogP contribution in [0.1, 0.15) is 52.0 Å². The van der Waals surface area contributed by atoms with Gasteiger partial charge in [0.15, 0.2) is 0 Å². The maximum absolute atomic E-state index is 12.4. The van der Waals surface area contributed by atoms with Crippen molar-refractivity contribution in [3.8, 4) is 5.75 Å². The molecule has 3 fully saturated rings. The predicted molar refractivity (Wildman–Crippen MR) is 118 cm³/mol. The van der Waals surface area contributed by atoms with Crippen LogP contribution in [0.3, 0.4) is 0 Å². The average Bonchev–Trinajstić information content (AvgIpc) is 3.54. The summed E-state index contributed by atoms with van der Waals surface area (Å²) in [6, 6.07) is 9.65. The summed E-state index contributed by atoms with van der Waals surface area (Å²) in [5, 5.41) is 3.56. The van der Waals surface area contributed by atoms with Gasteiger partial charge in [0.25, 0.3) is 0 Å². The molecular formula is C24H37N3O3. The van der Waals surface area contributed by atoms with Crippen LogP contribution < -0.4 is 10.1 Å². The summed E-state index contributed by atoms with van der Waals surface area (Å²) in [6.45, 7) is 10.9. The highest BCUT2D eigenvalue weighted by molar-refractivity contribution is 5.68. The molecule has 0 unspecified atom stereocenters. The van der Waals surface area contributed by atoms with Crippen molar-refractivity contribution in [2.45, 2.75) is 70.7 Å². The van der Waals surface area contributed by atoms with E-state index in [1.807, 2.05) is 25.7 Å². The second-order valence-corrected chi connectivity index (χ2v) is 10.1. The number of carbonyl (C=O) groups is 1. The van der Waals surface area contributed by atoms with Crippen LogP contribution in [0.5, 0.6) is 5.75 Å². The summed E-state index contributed by atoms with van der Waals surface area (Å²) in [4.78, 5) is 16.8. The lowest BCUT2D eigenvalue weighted by Crippen LogP contribution is -2.58. The van der Waals surface area contributed by atoms with Gasteiger partial charge in [-0.05, 0) is 64.2 Å². The minimum Gasteiger partial charge on any atom is -0.493 e. The average molecular weight is 416 g/mol. The summed E-state index contributed by atoms with van der Waals surface area (Å²) >= 11 is 0. The van der Waals surface area contributed by atoms with Crippen molar-refractivity contribution in [2.75, 3.05) is 32.8 Å². The Kier molecular flexibility index (Phi) is 6.54. The summed E-state index contributed by atoms with van der Waals surface area (Å²) in [6.07, 6.45) is 4.70. The first-order chi connectivity index (χ1) is 14.4. The first kappa shape index (κ1) is 21.4. The third-order valence-corrected chi connectivity index (χ3v) is 6.21. The van der Waals surface area contributed by atoms with Crippen molar-refractivity contribution in [2.24, 2.45) is 5.92 Å². The van der Waals surface area contributed by atoms with Crippen molar-refractivity contribution in [1.82, 2.24) is 15.1 Å². The molecule has 2 saturated heterocycles. The molecule has 6 heteroatoms. The smallest absolute Gasteiger partial charge is 0.410 e. The molecule has 3 aliphatic rings. The number of hydrogen-bond donors (Lipinski definition) is 1. The minimum atomic E-state index is -0.436. The Hall–Kier alpha value is -1.79. The molecule has 2 aliphatic heterocycles. The molecule has 1 aromatic carbocycles. The van der Waals surface area contributed by atoms with Crippen LogP contribution in [0.4, 0.5) is 4.79 Å². The van der Waals surface area contributed by atoms with Gasteiger partial charge in [0.05, 0.1) is 6.61 Å². The quantitative estimate of drug-likeness (QED) is 0.769. The highest BCUT2D eigenvalue weighted by atomic mass is 16.6. The first-order valence-corrected chi connectivity index (χ1v) is 11.5. The fraction of sp³-hybridized carbons (Fsp3) is 0.708. The third-order valence-electron chi connectivity index (χ3n) is 6.21. The van der Waals surface area contributed by atoms with Gasteiger partial charge >= 0.3 is 6.09 Å². The maximum atomic E-state index is 12.4. The van der Waals surface area contributed by atoms with E-state index < -0.39 is 5.60 Å². The number of piperazine rings is 1. The molecule has 0 spiro atoms. The Morgan fingerprint density at radius 1 is 1.13 bits per heavy atom. The Bertz CT molecular complexity index is 729. The number of benzene rings is 1. The first-order valence-electron chi connectivity index (χ1n) is 11.5. The zero-order chi connectivity index (χ0) is 21.1. The maximum Gasteiger partial charge on any atom is 0.410 e. The van der Waals surface area contributed by atoms with E-state index in [2.05, 4.69) is 34.5 Å². The van der Waals surface area contributed by atoms with Crippen LogP contribution >= 0.6 is 0 Å². The molecule has 0 bridgehead atoms. The monoisotopic (exact) mass is 415 g/mol. The molecule has 1 N–H and O–H groups in total. The molecule has 0 aromatic heterocycles. The van der Waals surface area contributed by atoms with Crippen molar-refractivity contribution in [3.05, 3.63) is 29.8 Å². The Morgan fingerprint density at radius 2 is 1.97 bits per heavy atom. The van der Waals surface area contributed by atoms with Gasteiger partial charge in [-0.25, -0.2) is 4.79 Å². The zero-order valence-corrected chi connectivity index (χ0v) is 18.7. The van der Waals surface area contributed by atoms with Crippen LogP contribution in [-0.2, 0) is 11.3 Å². The second kappa shape index (κ2) is 9.15. The van der Waals surface area contributed by atoms with Crippen molar-refractivity contribution in [3.63, 3.8) is 0 Å². The van der Waals surface area contributed by atoms with Gasteiger partial charge in [-0.3, -0.25) is 4.90 Å². The molecule has 1 amide bonds. The highest BCUT2D eigenvalue weighted by Crippen LogP contribution is 2.27. The van der Waals surface area contributed by atoms with Gasteiger partial charge in [-0.2, -0.15) is 0 Å². The summed E-state index contributed by atoms with van der Waals surface area (Å²) in [7, 11) is 0. The van der Waals surface area contributed by atoms with Crippen molar-refractivity contribution < 1.29 is 14.3 Å². The number of rotatable bonds is 6. The number of fused-ring (bicyclic) bond motifs is 1. The largest absolute Gasteiger partial charge is 0.493 e. The number of amides is 1.